The van der Waals surface area contributed by atoms with Crippen molar-refractivity contribution in [2.75, 3.05) is 0 Å². The predicted octanol–water partition coefficient (Wildman–Crippen LogP) is 16.4. The fourth-order valence-corrected chi connectivity index (χ4v) is 11.7. The Balaban J connectivity index is 0.997. The molecule has 2 nitrogen and oxygen atoms in total. The normalized spacial score (nSPS) is 14.7. The zero-order valence-corrected chi connectivity index (χ0v) is 37.1. The fourth-order valence-electron chi connectivity index (χ4n) is 11.7. The molecule has 62 heavy (non-hydrogen) atoms. The van der Waals surface area contributed by atoms with Gasteiger partial charge in [-0.2, -0.15) is 0 Å². The average Bonchev–Trinajstić information content (AvgIpc) is 3.94. The van der Waals surface area contributed by atoms with Crippen LogP contribution in [0.3, 0.4) is 0 Å². The Labute approximate surface area is 365 Å². The summed E-state index contributed by atoms with van der Waals surface area (Å²) in [5.41, 5.74) is 23.4. The van der Waals surface area contributed by atoms with Gasteiger partial charge in [0.05, 0.1) is 22.1 Å². The molecule has 0 radical (unpaired) electrons. The Morgan fingerprint density at radius 2 is 0.710 bits per heavy atom. The van der Waals surface area contributed by atoms with Gasteiger partial charge in [0.2, 0.25) is 0 Å². The lowest BCUT2D eigenvalue weighted by atomic mass is 9.74. The number of benzene rings is 8. The summed E-state index contributed by atoms with van der Waals surface area (Å²) in [6.45, 7) is 18.9. The molecule has 2 aliphatic rings. The van der Waals surface area contributed by atoms with Gasteiger partial charge >= 0.3 is 0 Å². The maximum absolute atomic E-state index is 2.50. The summed E-state index contributed by atoms with van der Waals surface area (Å²) >= 11 is 0. The Morgan fingerprint density at radius 3 is 1.11 bits per heavy atom. The molecule has 0 saturated heterocycles. The molecule has 8 aromatic carbocycles. The van der Waals surface area contributed by atoms with E-state index in [2.05, 4.69) is 222 Å². The van der Waals surface area contributed by atoms with Crippen molar-refractivity contribution in [1.29, 1.82) is 0 Å². The van der Waals surface area contributed by atoms with Crippen LogP contribution in [0.5, 0.6) is 0 Å². The van der Waals surface area contributed by atoms with E-state index in [-0.39, 0.29) is 10.8 Å². The van der Waals surface area contributed by atoms with Crippen molar-refractivity contribution in [3.05, 3.63) is 191 Å². The van der Waals surface area contributed by atoms with Crippen LogP contribution in [0.15, 0.2) is 158 Å². The van der Waals surface area contributed by atoms with Crippen LogP contribution in [0.1, 0.15) is 101 Å². The van der Waals surface area contributed by atoms with E-state index in [4.69, 9.17) is 0 Å². The molecule has 2 heterocycles. The number of hydrogen-bond donors (Lipinski definition) is 0. The highest BCUT2D eigenvalue weighted by Crippen LogP contribution is 2.57. The second-order valence-electron chi connectivity index (χ2n) is 19.7. The lowest BCUT2D eigenvalue weighted by Gasteiger charge is -2.29. The zero-order valence-electron chi connectivity index (χ0n) is 37.1. The first-order valence-corrected chi connectivity index (χ1v) is 22.6. The topological polar surface area (TPSA) is 9.86 Å². The van der Waals surface area contributed by atoms with E-state index < -0.39 is 0 Å². The lowest BCUT2D eigenvalue weighted by Crippen LogP contribution is -2.19. The molecule has 0 aliphatic heterocycles. The van der Waals surface area contributed by atoms with E-state index >= 15 is 0 Å². The summed E-state index contributed by atoms with van der Waals surface area (Å²) in [5.74, 6) is 0.908. The monoisotopic (exact) mass is 800 g/mol. The minimum absolute atomic E-state index is 0.226. The molecule has 0 amide bonds. The van der Waals surface area contributed by atoms with Crippen LogP contribution in [-0.4, -0.2) is 9.13 Å². The van der Waals surface area contributed by atoms with Crippen molar-refractivity contribution in [1.82, 2.24) is 9.13 Å². The molecule has 0 atom stereocenters. The highest BCUT2D eigenvalue weighted by Gasteiger charge is 2.42. The van der Waals surface area contributed by atoms with Crippen LogP contribution in [0.25, 0.3) is 88.4 Å². The van der Waals surface area contributed by atoms with Gasteiger partial charge in [0.25, 0.3) is 0 Å². The van der Waals surface area contributed by atoms with Crippen LogP contribution in [0.2, 0.25) is 0 Å². The van der Waals surface area contributed by atoms with Gasteiger partial charge < -0.3 is 9.13 Å². The summed E-state index contributed by atoms with van der Waals surface area (Å²) in [4.78, 5) is 0. The van der Waals surface area contributed by atoms with Crippen LogP contribution in [0.4, 0.5) is 0 Å². The first-order chi connectivity index (χ1) is 29.9. The van der Waals surface area contributed by atoms with Crippen LogP contribution >= 0.6 is 0 Å². The first-order valence-electron chi connectivity index (χ1n) is 22.6. The summed E-state index contributed by atoms with van der Waals surface area (Å²) in [5, 5.41) is 5.21. The summed E-state index contributed by atoms with van der Waals surface area (Å²) in [6, 6.07) is 60.4. The smallest absolute Gasteiger partial charge is 0.0543 e. The third kappa shape index (κ3) is 4.98. The first kappa shape index (κ1) is 37.1. The molecular formula is C60H52N2. The van der Waals surface area contributed by atoms with E-state index in [9.17, 15) is 0 Å². The average molecular weight is 801 g/mol. The SMILES string of the molecule is CC(C)c1ccc2c3ccccc3n(-c3ccc4c(c3)C(C)(C)c3c-4cccc3-c3cccc4c3C(C)(C)c3cc(-n5c6ccccc6c6ccc(C(C)C)cc65)ccc3-4)c2c1. The number of aromatic nitrogens is 2. The van der Waals surface area contributed by atoms with Gasteiger partial charge in [-0.15, -0.1) is 0 Å². The maximum Gasteiger partial charge on any atom is 0.0543 e. The third-order valence-corrected chi connectivity index (χ3v) is 14.8. The Bertz CT molecular complexity index is 3290. The molecule has 0 fully saturated rings. The Morgan fingerprint density at radius 1 is 0.339 bits per heavy atom. The summed E-state index contributed by atoms with van der Waals surface area (Å²) < 4.78 is 4.99. The second-order valence-corrected chi connectivity index (χ2v) is 19.7. The van der Waals surface area contributed by atoms with Crippen molar-refractivity contribution < 1.29 is 0 Å². The highest BCUT2D eigenvalue weighted by molar-refractivity contribution is 6.11. The van der Waals surface area contributed by atoms with Crippen LogP contribution < -0.4 is 0 Å². The highest BCUT2D eigenvalue weighted by atomic mass is 15.0. The molecule has 0 N–H and O–H groups in total. The molecule has 10 aromatic rings. The van der Waals surface area contributed by atoms with Crippen molar-refractivity contribution in [2.24, 2.45) is 0 Å². The van der Waals surface area contributed by atoms with Crippen LogP contribution in [0, 0.1) is 0 Å². The van der Waals surface area contributed by atoms with Gasteiger partial charge in [-0.3, -0.25) is 0 Å². The van der Waals surface area contributed by atoms with E-state index in [0.29, 0.717) is 11.8 Å². The number of rotatable bonds is 5. The number of nitrogens with zero attached hydrogens (tertiary/aromatic N) is 2. The van der Waals surface area contributed by atoms with Crippen molar-refractivity contribution in [3.63, 3.8) is 0 Å². The fraction of sp³-hybridized carbons (Fsp3) is 0.200. The molecule has 0 bridgehead atoms. The van der Waals surface area contributed by atoms with Gasteiger partial charge in [-0.1, -0.05) is 165 Å². The molecule has 0 saturated carbocycles. The van der Waals surface area contributed by atoms with Crippen LogP contribution in [-0.2, 0) is 10.8 Å². The summed E-state index contributed by atoms with van der Waals surface area (Å²) in [7, 11) is 0. The molecular weight excluding hydrogens is 749 g/mol. The second kappa shape index (κ2) is 12.9. The van der Waals surface area contributed by atoms with E-state index in [0.717, 1.165) is 0 Å². The van der Waals surface area contributed by atoms with Gasteiger partial charge in [-0.25, -0.2) is 0 Å². The number of para-hydroxylation sites is 2. The minimum Gasteiger partial charge on any atom is -0.309 e. The molecule has 2 heteroatoms. The molecule has 0 unspecified atom stereocenters. The van der Waals surface area contributed by atoms with Gasteiger partial charge in [0.1, 0.15) is 0 Å². The molecule has 302 valence electrons. The Hall–Kier alpha value is -6.64. The zero-order chi connectivity index (χ0) is 42.4. The van der Waals surface area contributed by atoms with E-state index in [1.807, 2.05) is 0 Å². The summed E-state index contributed by atoms with van der Waals surface area (Å²) in [6.07, 6.45) is 0. The van der Waals surface area contributed by atoms with E-state index in [1.165, 1.54) is 122 Å². The number of fused-ring (bicyclic) bond motifs is 12. The predicted molar refractivity (Wildman–Crippen MR) is 264 cm³/mol. The van der Waals surface area contributed by atoms with Gasteiger partial charge in [0, 0.05) is 43.7 Å². The number of hydrogen-bond acceptors (Lipinski definition) is 0. The third-order valence-electron chi connectivity index (χ3n) is 14.8. The Kier molecular flexibility index (Phi) is 7.75. The minimum atomic E-state index is -0.226. The van der Waals surface area contributed by atoms with Crippen molar-refractivity contribution in [2.45, 2.75) is 78.1 Å². The quantitative estimate of drug-likeness (QED) is 0.164. The van der Waals surface area contributed by atoms with E-state index in [1.54, 1.807) is 0 Å². The van der Waals surface area contributed by atoms with Gasteiger partial charge in [-0.05, 0) is 127 Å². The van der Waals surface area contributed by atoms with Gasteiger partial charge in [0.15, 0.2) is 0 Å². The van der Waals surface area contributed by atoms with Crippen molar-refractivity contribution in [3.8, 4) is 44.8 Å². The standard InChI is InChI=1S/C60H52N2/c1-35(2)37-23-27-45-43-15-9-11-21-53(43)61(55(45)31-37)39-25-29-41-47-17-13-19-49(57(47)59(5,6)51(41)33-39)50-20-14-18-48-42-30-26-40(34-52(42)60(7,8)58(48)50)62-54-22-12-10-16-44(54)46-28-24-38(36(3)4)32-56(46)62/h9-36H,1-8H3. The molecule has 12 rings (SSSR count). The lowest BCUT2D eigenvalue weighted by molar-refractivity contribution is 0.654. The molecule has 2 aromatic heterocycles. The largest absolute Gasteiger partial charge is 0.309 e. The maximum atomic E-state index is 2.50. The molecule has 2 aliphatic carbocycles. The molecule has 0 spiro atoms. The van der Waals surface area contributed by atoms with Crippen molar-refractivity contribution >= 4 is 43.6 Å².